The lowest BCUT2D eigenvalue weighted by Crippen LogP contribution is -2.22. The molecule has 0 amide bonds. The van der Waals surface area contributed by atoms with Crippen LogP contribution in [0.3, 0.4) is 0 Å². The van der Waals surface area contributed by atoms with Gasteiger partial charge in [-0.15, -0.1) is 0 Å². The number of aliphatic hydroxyl groups excluding tert-OH is 1. The minimum atomic E-state index is 0.208. The Hall–Kier alpha value is -1.06. The largest absolute Gasteiger partial charge is 0.494 e. The van der Waals surface area contributed by atoms with E-state index in [-0.39, 0.29) is 12.6 Å². The Morgan fingerprint density at radius 3 is 2.50 bits per heavy atom. The van der Waals surface area contributed by atoms with E-state index >= 15 is 0 Å². The zero-order chi connectivity index (χ0) is 13.5. The van der Waals surface area contributed by atoms with Gasteiger partial charge in [0.1, 0.15) is 5.75 Å². The lowest BCUT2D eigenvalue weighted by atomic mass is 9.95. The molecule has 0 bridgehead atoms. The Balaban J connectivity index is 3.05. The molecule has 18 heavy (non-hydrogen) atoms. The van der Waals surface area contributed by atoms with E-state index in [4.69, 9.17) is 4.74 Å². The minimum Gasteiger partial charge on any atom is -0.494 e. The molecule has 0 heterocycles. The van der Waals surface area contributed by atoms with E-state index in [1.165, 1.54) is 11.1 Å². The lowest BCUT2D eigenvalue weighted by molar-refractivity contribution is 0.210. The molecule has 0 radical (unpaired) electrons. The Kier molecular flexibility index (Phi) is 6.16. The Labute approximate surface area is 110 Å². The summed E-state index contributed by atoms with van der Waals surface area (Å²) in [6.07, 6.45) is 1.74. The fourth-order valence-corrected chi connectivity index (χ4v) is 2.28. The highest BCUT2D eigenvalue weighted by molar-refractivity contribution is 5.37. The molecule has 1 unspecified atom stereocenters. The molecule has 0 spiro atoms. The molecule has 102 valence electrons. The van der Waals surface area contributed by atoms with Crippen LogP contribution in [0.1, 0.15) is 37.4 Å². The Morgan fingerprint density at radius 1 is 1.28 bits per heavy atom. The third kappa shape index (κ3) is 3.72. The maximum Gasteiger partial charge on any atom is 0.119 e. The monoisotopic (exact) mass is 251 g/mol. The van der Waals surface area contributed by atoms with Crippen LogP contribution in [0.2, 0.25) is 0 Å². The zero-order valence-electron chi connectivity index (χ0n) is 11.9. The van der Waals surface area contributed by atoms with Crippen molar-refractivity contribution in [2.75, 3.05) is 27.3 Å². The van der Waals surface area contributed by atoms with Gasteiger partial charge in [0.05, 0.1) is 6.61 Å². The van der Waals surface area contributed by atoms with Gasteiger partial charge in [-0.05, 0) is 57.1 Å². The molecule has 0 aromatic heterocycles. The van der Waals surface area contributed by atoms with Crippen LogP contribution >= 0.6 is 0 Å². The summed E-state index contributed by atoms with van der Waals surface area (Å²) in [7, 11) is 4.10. The Morgan fingerprint density at radius 2 is 2.00 bits per heavy atom. The summed E-state index contributed by atoms with van der Waals surface area (Å²) in [5.74, 6) is 0.930. The van der Waals surface area contributed by atoms with Crippen molar-refractivity contribution in [2.24, 2.45) is 0 Å². The summed E-state index contributed by atoms with van der Waals surface area (Å²) in [6, 6.07) is 6.53. The first-order chi connectivity index (χ1) is 8.63. The molecule has 0 saturated carbocycles. The molecule has 0 aliphatic carbocycles. The number of benzene rings is 1. The molecule has 1 aromatic rings. The molecular formula is C15H25NO2. The predicted molar refractivity (Wildman–Crippen MR) is 75.1 cm³/mol. The molecule has 0 fully saturated rings. The number of nitrogens with zero attached hydrogens (tertiary/aromatic N) is 1. The van der Waals surface area contributed by atoms with Crippen molar-refractivity contribution in [3.05, 3.63) is 29.3 Å². The number of ether oxygens (including phenoxy) is 1. The van der Waals surface area contributed by atoms with E-state index < -0.39 is 0 Å². The fraction of sp³-hybridized carbons (Fsp3) is 0.600. The van der Waals surface area contributed by atoms with Crippen LogP contribution in [0, 0.1) is 0 Å². The van der Waals surface area contributed by atoms with Crippen molar-refractivity contribution < 1.29 is 9.84 Å². The topological polar surface area (TPSA) is 32.7 Å². The first kappa shape index (κ1) is 15.0. The number of aliphatic hydroxyl groups is 1. The van der Waals surface area contributed by atoms with Gasteiger partial charge in [0.2, 0.25) is 0 Å². The van der Waals surface area contributed by atoms with E-state index in [0.717, 1.165) is 18.6 Å². The van der Waals surface area contributed by atoms with Crippen molar-refractivity contribution in [3.8, 4) is 5.75 Å². The van der Waals surface area contributed by atoms with Gasteiger partial charge in [0.15, 0.2) is 0 Å². The van der Waals surface area contributed by atoms with Crippen LogP contribution in [0.25, 0.3) is 0 Å². The van der Waals surface area contributed by atoms with E-state index in [9.17, 15) is 5.11 Å². The summed E-state index contributed by atoms with van der Waals surface area (Å²) in [6.45, 7) is 5.05. The first-order valence-corrected chi connectivity index (χ1v) is 6.66. The first-order valence-electron chi connectivity index (χ1n) is 6.66. The number of hydrogen-bond acceptors (Lipinski definition) is 3. The van der Waals surface area contributed by atoms with Crippen molar-refractivity contribution in [1.82, 2.24) is 4.90 Å². The van der Waals surface area contributed by atoms with Gasteiger partial charge < -0.3 is 14.7 Å². The zero-order valence-corrected chi connectivity index (χ0v) is 11.9. The quantitative estimate of drug-likeness (QED) is 0.808. The summed E-state index contributed by atoms with van der Waals surface area (Å²) in [5, 5.41) is 9.20. The maximum atomic E-state index is 9.20. The van der Waals surface area contributed by atoms with E-state index in [0.29, 0.717) is 6.61 Å². The molecule has 1 N–H and O–H groups in total. The summed E-state index contributed by atoms with van der Waals surface area (Å²) in [4.78, 5) is 2.16. The second kappa shape index (κ2) is 7.39. The van der Waals surface area contributed by atoms with Gasteiger partial charge in [-0.1, -0.05) is 13.0 Å². The van der Waals surface area contributed by atoms with Crippen LogP contribution in [0.5, 0.6) is 5.75 Å². The van der Waals surface area contributed by atoms with Gasteiger partial charge in [-0.2, -0.15) is 0 Å². The predicted octanol–water partition coefficient (Wildman–Crippen LogP) is 2.63. The van der Waals surface area contributed by atoms with Crippen LogP contribution < -0.4 is 4.74 Å². The van der Waals surface area contributed by atoms with Crippen molar-refractivity contribution in [3.63, 3.8) is 0 Å². The standard InChI is InChI=1S/C15H25NO2/c1-5-12-11-13(18-6-2)7-8-14(12)15(9-10-17)16(3)4/h7-8,11,15,17H,5-6,9-10H2,1-4H3. The van der Waals surface area contributed by atoms with Gasteiger partial charge in [0, 0.05) is 12.6 Å². The van der Waals surface area contributed by atoms with Crippen molar-refractivity contribution >= 4 is 0 Å². The fourth-order valence-electron chi connectivity index (χ4n) is 2.28. The SMILES string of the molecule is CCOc1ccc(C(CCO)N(C)C)c(CC)c1. The summed E-state index contributed by atoms with van der Waals surface area (Å²) >= 11 is 0. The molecule has 3 heteroatoms. The molecular weight excluding hydrogens is 226 g/mol. The van der Waals surface area contributed by atoms with Crippen LogP contribution in [0.4, 0.5) is 0 Å². The molecule has 3 nitrogen and oxygen atoms in total. The molecule has 0 saturated heterocycles. The van der Waals surface area contributed by atoms with Gasteiger partial charge in [-0.25, -0.2) is 0 Å². The molecule has 1 atom stereocenters. The second-order valence-corrected chi connectivity index (χ2v) is 4.64. The normalized spacial score (nSPS) is 12.8. The van der Waals surface area contributed by atoms with Crippen LogP contribution in [-0.4, -0.2) is 37.3 Å². The third-order valence-corrected chi connectivity index (χ3v) is 3.19. The van der Waals surface area contributed by atoms with E-state index in [1.807, 2.05) is 13.0 Å². The van der Waals surface area contributed by atoms with Gasteiger partial charge in [-0.3, -0.25) is 0 Å². The summed E-state index contributed by atoms with van der Waals surface area (Å²) in [5.41, 5.74) is 2.59. The van der Waals surface area contributed by atoms with Gasteiger partial charge >= 0.3 is 0 Å². The highest BCUT2D eigenvalue weighted by atomic mass is 16.5. The smallest absolute Gasteiger partial charge is 0.119 e. The molecule has 0 aliphatic rings. The second-order valence-electron chi connectivity index (χ2n) is 4.64. The minimum absolute atomic E-state index is 0.208. The molecule has 0 aliphatic heterocycles. The summed E-state index contributed by atoms with van der Waals surface area (Å²) < 4.78 is 5.54. The van der Waals surface area contributed by atoms with Crippen molar-refractivity contribution in [1.29, 1.82) is 0 Å². The number of aryl methyl sites for hydroxylation is 1. The average Bonchev–Trinajstić information content (AvgIpc) is 2.36. The third-order valence-electron chi connectivity index (χ3n) is 3.19. The highest BCUT2D eigenvalue weighted by Crippen LogP contribution is 2.28. The molecule has 1 aromatic carbocycles. The lowest BCUT2D eigenvalue weighted by Gasteiger charge is -2.26. The molecule has 1 rings (SSSR count). The Bertz CT molecular complexity index is 364. The maximum absolute atomic E-state index is 9.20. The van der Waals surface area contributed by atoms with Crippen molar-refractivity contribution in [2.45, 2.75) is 32.7 Å². The highest BCUT2D eigenvalue weighted by Gasteiger charge is 2.17. The number of hydrogen-bond donors (Lipinski definition) is 1. The average molecular weight is 251 g/mol. The number of rotatable bonds is 7. The van der Waals surface area contributed by atoms with Gasteiger partial charge in [0.25, 0.3) is 0 Å². The van der Waals surface area contributed by atoms with E-state index in [1.54, 1.807) is 0 Å². The van der Waals surface area contributed by atoms with Crippen LogP contribution in [-0.2, 0) is 6.42 Å². The van der Waals surface area contributed by atoms with Crippen LogP contribution in [0.15, 0.2) is 18.2 Å². The van der Waals surface area contributed by atoms with E-state index in [2.05, 4.69) is 38.1 Å².